The van der Waals surface area contributed by atoms with E-state index in [4.69, 9.17) is 4.74 Å². The zero-order chi connectivity index (χ0) is 12.1. The first-order valence-corrected chi connectivity index (χ1v) is 6.35. The average Bonchev–Trinajstić information content (AvgIpc) is 2.37. The Labute approximate surface area is 103 Å². The Morgan fingerprint density at radius 1 is 1.47 bits per heavy atom. The molecule has 1 aliphatic rings. The summed E-state index contributed by atoms with van der Waals surface area (Å²) in [5.74, 6) is 1.56. The highest BCUT2D eigenvalue weighted by Crippen LogP contribution is 2.18. The summed E-state index contributed by atoms with van der Waals surface area (Å²) in [4.78, 5) is 8.49. The van der Waals surface area contributed by atoms with E-state index in [1.807, 2.05) is 19.2 Å². The second-order valence-electron chi connectivity index (χ2n) is 4.71. The molecule has 0 bridgehead atoms. The Bertz CT molecular complexity index is 350. The molecule has 1 aromatic heterocycles. The topological polar surface area (TPSA) is 47.0 Å². The molecule has 1 saturated heterocycles. The van der Waals surface area contributed by atoms with Crippen LogP contribution in [0.4, 0.5) is 0 Å². The number of nitrogens with one attached hydrogen (secondary N) is 1. The van der Waals surface area contributed by atoms with Gasteiger partial charge in [0.1, 0.15) is 5.82 Å². The lowest BCUT2D eigenvalue weighted by Gasteiger charge is -2.28. The first kappa shape index (κ1) is 12.5. The Kier molecular flexibility index (Phi) is 4.45. The van der Waals surface area contributed by atoms with Gasteiger partial charge in [0, 0.05) is 32.0 Å². The molecule has 0 spiro atoms. The van der Waals surface area contributed by atoms with Gasteiger partial charge in [-0.25, -0.2) is 9.97 Å². The van der Waals surface area contributed by atoms with Crippen LogP contribution in [0.2, 0.25) is 0 Å². The van der Waals surface area contributed by atoms with Gasteiger partial charge in [0.05, 0.1) is 5.69 Å². The summed E-state index contributed by atoms with van der Waals surface area (Å²) >= 11 is 0. The van der Waals surface area contributed by atoms with Crippen molar-refractivity contribution in [3.63, 3.8) is 0 Å². The first-order valence-electron chi connectivity index (χ1n) is 6.35. The van der Waals surface area contributed by atoms with Crippen LogP contribution in [0, 0.1) is 12.8 Å². The molecule has 1 fully saturated rings. The number of nitrogens with zero attached hydrogens (tertiary/aromatic N) is 2. The molecule has 1 aromatic rings. The van der Waals surface area contributed by atoms with Crippen molar-refractivity contribution in [2.45, 2.75) is 39.3 Å². The Hall–Kier alpha value is -1.00. The van der Waals surface area contributed by atoms with Crippen molar-refractivity contribution in [3.8, 4) is 0 Å². The van der Waals surface area contributed by atoms with E-state index in [1.54, 1.807) is 0 Å². The molecule has 0 aliphatic carbocycles. The van der Waals surface area contributed by atoms with E-state index in [0.717, 1.165) is 50.0 Å². The summed E-state index contributed by atoms with van der Waals surface area (Å²) < 4.78 is 5.38. The van der Waals surface area contributed by atoms with Gasteiger partial charge >= 0.3 is 0 Å². The largest absolute Gasteiger partial charge is 0.381 e. The Morgan fingerprint density at radius 3 is 2.94 bits per heavy atom. The van der Waals surface area contributed by atoms with E-state index in [0.29, 0.717) is 6.04 Å². The molecule has 4 nitrogen and oxygen atoms in total. The van der Waals surface area contributed by atoms with Crippen molar-refractivity contribution < 1.29 is 4.74 Å². The molecule has 2 heterocycles. The smallest absolute Gasteiger partial charge is 0.125 e. The minimum atomic E-state index is 0.522. The number of hydrogen-bond acceptors (Lipinski definition) is 4. The predicted molar refractivity (Wildman–Crippen MR) is 66.6 cm³/mol. The third-order valence-electron chi connectivity index (χ3n) is 3.41. The highest BCUT2D eigenvalue weighted by atomic mass is 16.5. The van der Waals surface area contributed by atoms with Crippen molar-refractivity contribution in [2.75, 3.05) is 13.2 Å². The lowest BCUT2D eigenvalue weighted by molar-refractivity contribution is 0.0557. The van der Waals surface area contributed by atoms with E-state index in [1.165, 1.54) is 0 Å². The molecular weight excluding hydrogens is 214 g/mol. The standard InChI is InChI=1S/C13H21N3O/c1-10(12-4-7-17-8-5-12)15-9-13-3-6-14-11(2)16-13/h3,6,10,12,15H,4-5,7-9H2,1-2H3. The summed E-state index contributed by atoms with van der Waals surface area (Å²) in [6.07, 6.45) is 4.15. The van der Waals surface area contributed by atoms with Crippen LogP contribution in [0.5, 0.6) is 0 Å². The minimum Gasteiger partial charge on any atom is -0.381 e. The van der Waals surface area contributed by atoms with Gasteiger partial charge in [-0.05, 0) is 38.7 Å². The number of hydrogen-bond donors (Lipinski definition) is 1. The summed E-state index contributed by atoms with van der Waals surface area (Å²) in [5.41, 5.74) is 1.07. The van der Waals surface area contributed by atoms with E-state index >= 15 is 0 Å². The molecule has 1 N–H and O–H groups in total. The van der Waals surface area contributed by atoms with Gasteiger partial charge in [-0.1, -0.05) is 0 Å². The maximum absolute atomic E-state index is 5.38. The Morgan fingerprint density at radius 2 is 2.24 bits per heavy atom. The number of aromatic nitrogens is 2. The molecule has 1 atom stereocenters. The van der Waals surface area contributed by atoms with Gasteiger partial charge in [0.2, 0.25) is 0 Å². The lowest BCUT2D eigenvalue weighted by atomic mass is 9.93. The number of aryl methyl sites for hydroxylation is 1. The van der Waals surface area contributed by atoms with Gasteiger partial charge in [-0.2, -0.15) is 0 Å². The molecule has 0 radical (unpaired) electrons. The third kappa shape index (κ3) is 3.75. The molecule has 0 aromatic carbocycles. The van der Waals surface area contributed by atoms with Crippen LogP contribution < -0.4 is 5.32 Å². The molecular formula is C13H21N3O. The maximum atomic E-state index is 5.38. The lowest BCUT2D eigenvalue weighted by Crippen LogP contribution is -2.36. The van der Waals surface area contributed by atoms with Crippen molar-refractivity contribution in [1.29, 1.82) is 0 Å². The fraction of sp³-hybridized carbons (Fsp3) is 0.692. The Balaban J connectivity index is 1.80. The molecule has 2 rings (SSSR count). The summed E-state index contributed by atoms with van der Waals surface area (Å²) in [6, 6.07) is 2.49. The fourth-order valence-electron chi connectivity index (χ4n) is 2.25. The third-order valence-corrected chi connectivity index (χ3v) is 3.41. The van der Waals surface area contributed by atoms with Crippen molar-refractivity contribution in [2.24, 2.45) is 5.92 Å². The summed E-state index contributed by atoms with van der Waals surface area (Å²) in [6.45, 7) is 6.81. The zero-order valence-corrected chi connectivity index (χ0v) is 10.6. The predicted octanol–water partition coefficient (Wildman–Crippen LogP) is 1.69. The molecule has 1 aliphatic heterocycles. The SMILES string of the molecule is Cc1nccc(CNC(C)C2CCOCC2)n1. The average molecular weight is 235 g/mol. The molecule has 0 amide bonds. The van der Waals surface area contributed by atoms with E-state index in [9.17, 15) is 0 Å². The van der Waals surface area contributed by atoms with Crippen LogP contribution in [-0.4, -0.2) is 29.2 Å². The highest BCUT2D eigenvalue weighted by Gasteiger charge is 2.19. The van der Waals surface area contributed by atoms with Crippen LogP contribution in [0.3, 0.4) is 0 Å². The fourth-order valence-corrected chi connectivity index (χ4v) is 2.25. The van der Waals surface area contributed by atoms with E-state index < -0.39 is 0 Å². The second-order valence-corrected chi connectivity index (χ2v) is 4.71. The summed E-state index contributed by atoms with van der Waals surface area (Å²) in [5, 5.41) is 3.55. The van der Waals surface area contributed by atoms with Crippen LogP contribution in [0.15, 0.2) is 12.3 Å². The quantitative estimate of drug-likeness (QED) is 0.862. The van der Waals surface area contributed by atoms with Crippen molar-refractivity contribution in [1.82, 2.24) is 15.3 Å². The zero-order valence-electron chi connectivity index (χ0n) is 10.6. The van der Waals surface area contributed by atoms with Crippen molar-refractivity contribution in [3.05, 3.63) is 23.8 Å². The minimum absolute atomic E-state index is 0.522. The number of ether oxygens (including phenoxy) is 1. The normalized spacial score (nSPS) is 19.2. The summed E-state index contributed by atoms with van der Waals surface area (Å²) in [7, 11) is 0. The van der Waals surface area contributed by atoms with Crippen LogP contribution >= 0.6 is 0 Å². The molecule has 0 saturated carbocycles. The van der Waals surface area contributed by atoms with Gasteiger partial charge in [-0.3, -0.25) is 0 Å². The van der Waals surface area contributed by atoms with Gasteiger partial charge in [0.25, 0.3) is 0 Å². The number of rotatable bonds is 4. The molecule has 17 heavy (non-hydrogen) atoms. The van der Waals surface area contributed by atoms with Crippen molar-refractivity contribution >= 4 is 0 Å². The maximum Gasteiger partial charge on any atom is 0.125 e. The van der Waals surface area contributed by atoms with Crippen LogP contribution in [-0.2, 0) is 11.3 Å². The highest BCUT2D eigenvalue weighted by molar-refractivity contribution is 5.01. The molecule has 4 heteroatoms. The van der Waals surface area contributed by atoms with Gasteiger partial charge in [0.15, 0.2) is 0 Å². The van der Waals surface area contributed by atoms with Crippen LogP contribution in [0.25, 0.3) is 0 Å². The van der Waals surface area contributed by atoms with E-state index in [2.05, 4.69) is 22.2 Å². The second kappa shape index (κ2) is 6.07. The first-order chi connectivity index (χ1) is 8.25. The van der Waals surface area contributed by atoms with Crippen LogP contribution in [0.1, 0.15) is 31.3 Å². The van der Waals surface area contributed by atoms with E-state index in [-0.39, 0.29) is 0 Å². The van der Waals surface area contributed by atoms with Gasteiger partial charge < -0.3 is 10.1 Å². The monoisotopic (exact) mass is 235 g/mol. The molecule has 1 unspecified atom stereocenters. The van der Waals surface area contributed by atoms with Gasteiger partial charge in [-0.15, -0.1) is 0 Å². The molecule has 94 valence electrons.